The largest absolute Gasteiger partial charge is 0.383 e. The highest BCUT2D eigenvalue weighted by Gasteiger charge is 2.19. The highest BCUT2D eigenvalue weighted by Crippen LogP contribution is 2.17. The molecule has 6 heteroatoms. The van der Waals surface area contributed by atoms with Gasteiger partial charge in [-0.1, -0.05) is 13.8 Å². The number of rotatable bonds is 3. The third kappa shape index (κ3) is 3.55. The fourth-order valence-corrected chi connectivity index (χ4v) is 2.60. The summed E-state index contributed by atoms with van der Waals surface area (Å²) in [5.41, 5.74) is 5.74. The van der Waals surface area contributed by atoms with Crippen molar-refractivity contribution in [3.63, 3.8) is 0 Å². The molecule has 0 unspecified atom stereocenters. The number of nitrogens with two attached hydrogens (primary N) is 1. The molecule has 2 N–H and O–H groups in total. The van der Waals surface area contributed by atoms with E-state index in [1.54, 1.807) is 6.07 Å². The summed E-state index contributed by atoms with van der Waals surface area (Å²) in [7, 11) is 0. The fourth-order valence-electron chi connectivity index (χ4n) is 2.21. The van der Waals surface area contributed by atoms with Crippen molar-refractivity contribution in [2.75, 3.05) is 43.4 Å². The molecule has 0 bridgehead atoms. The molecule has 0 saturated carbocycles. The minimum atomic E-state index is 0.511. The van der Waals surface area contributed by atoms with Gasteiger partial charge >= 0.3 is 0 Å². The summed E-state index contributed by atoms with van der Waals surface area (Å²) < 4.78 is 0.745. The smallest absolute Gasteiger partial charge is 0.228 e. The van der Waals surface area contributed by atoms with Crippen LogP contribution in [0.2, 0.25) is 0 Å². The molecule has 0 radical (unpaired) electrons. The van der Waals surface area contributed by atoms with E-state index in [1.807, 2.05) is 0 Å². The second-order valence-electron chi connectivity index (χ2n) is 5.10. The molecule has 1 aliphatic rings. The molecular formula is C12H20BrN5. The van der Waals surface area contributed by atoms with E-state index in [1.165, 1.54) is 0 Å². The summed E-state index contributed by atoms with van der Waals surface area (Å²) >= 11 is 3.36. The first-order valence-electron chi connectivity index (χ1n) is 6.32. The van der Waals surface area contributed by atoms with Gasteiger partial charge in [-0.2, -0.15) is 4.98 Å². The predicted molar refractivity (Wildman–Crippen MR) is 77.6 cm³/mol. The monoisotopic (exact) mass is 313 g/mol. The number of hydrogen-bond acceptors (Lipinski definition) is 5. The van der Waals surface area contributed by atoms with Crippen LogP contribution < -0.4 is 10.6 Å². The molecule has 0 amide bonds. The molecule has 100 valence electrons. The normalized spacial score (nSPS) is 17.4. The molecule has 0 aliphatic carbocycles. The van der Waals surface area contributed by atoms with Crippen molar-refractivity contribution in [3.05, 3.63) is 10.7 Å². The van der Waals surface area contributed by atoms with Gasteiger partial charge in [0.15, 0.2) is 0 Å². The summed E-state index contributed by atoms with van der Waals surface area (Å²) in [5.74, 6) is 1.96. The molecule has 0 spiro atoms. The quantitative estimate of drug-likeness (QED) is 0.859. The Labute approximate surface area is 117 Å². The topological polar surface area (TPSA) is 58.3 Å². The molecule has 1 aromatic heterocycles. The third-order valence-corrected chi connectivity index (χ3v) is 3.39. The Hall–Kier alpha value is -0.880. The molecule has 2 heterocycles. The molecule has 18 heavy (non-hydrogen) atoms. The van der Waals surface area contributed by atoms with Crippen LogP contribution in [0.15, 0.2) is 10.7 Å². The molecule has 1 aliphatic heterocycles. The van der Waals surface area contributed by atoms with Crippen LogP contribution in [0.4, 0.5) is 11.8 Å². The first-order chi connectivity index (χ1) is 8.54. The summed E-state index contributed by atoms with van der Waals surface area (Å²) in [6, 6.07) is 1.72. The van der Waals surface area contributed by atoms with Crippen molar-refractivity contribution < 1.29 is 0 Å². The zero-order chi connectivity index (χ0) is 13.1. The van der Waals surface area contributed by atoms with E-state index in [9.17, 15) is 0 Å². The van der Waals surface area contributed by atoms with Gasteiger partial charge in [0.1, 0.15) is 10.4 Å². The van der Waals surface area contributed by atoms with E-state index in [2.05, 4.69) is 49.5 Å². The fraction of sp³-hybridized carbons (Fsp3) is 0.667. The molecule has 1 aromatic rings. The molecule has 0 aromatic carbocycles. The first-order valence-corrected chi connectivity index (χ1v) is 7.11. The van der Waals surface area contributed by atoms with Gasteiger partial charge in [-0.3, -0.25) is 4.90 Å². The second-order valence-corrected chi connectivity index (χ2v) is 5.91. The highest BCUT2D eigenvalue weighted by atomic mass is 79.9. The van der Waals surface area contributed by atoms with Crippen LogP contribution in [0.5, 0.6) is 0 Å². The number of hydrogen-bond donors (Lipinski definition) is 1. The minimum Gasteiger partial charge on any atom is -0.383 e. The van der Waals surface area contributed by atoms with E-state index in [4.69, 9.17) is 5.73 Å². The lowest BCUT2D eigenvalue weighted by Crippen LogP contribution is -2.48. The lowest BCUT2D eigenvalue weighted by atomic mass is 10.2. The maximum absolute atomic E-state index is 5.74. The number of halogens is 1. The van der Waals surface area contributed by atoms with Gasteiger partial charge in [0.2, 0.25) is 5.95 Å². The highest BCUT2D eigenvalue weighted by molar-refractivity contribution is 9.10. The van der Waals surface area contributed by atoms with Gasteiger partial charge in [-0.25, -0.2) is 4.98 Å². The van der Waals surface area contributed by atoms with E-state index in [0.29, 0.717) is 11.7 Å². The summed E-state index contributed by atoms with van der Waals surface area (Å²) in [5, 5.41) is 0. The molecule has 0 atom stereocenters. The standard InChI is InChI=1S/C12H20BrN5/c1-9(2)8-17-3-5-18(6-4-17)12-15-10(13)7-11(14)16-12/h7,9H,3-6,8H2,1-2H3,(H2,14,15,16). The van der Waals surface area contributed by atoms with Crippen LogP contribution in [-0.2, 0) is 0 Å². The Morgan fingerprint density at radius 2 is 1.94 bits per heavy atom. The van der Waals surface area contributed by atoms with E-state index in [-0.39, 0.29) is 0 Å². The Balaban J connectivity index is 1.96. The van der Waals surface area contributed by atoms with Crippen molar-refractivity contribution in [2.24, 2.45) is 5.92 Å². The number of anilines is 2. The van der Waals surface area contributed by atoms with Crippen molar-refractivity contribution in [1.29, 1.82) is 0 Å². The van der Waals surface area contributed by atoms with E-state index in [0.717, 1.165) is 43.3 Å². The van der Waals surface area contributed by atoms with Crippen LogP contribution in [0.1, 0.15) is 13.8 Å². The first kappa shape index (κ1) is 13.5. The van der Waals surface area contributed by atoms with Crippen molar-refractivity contribution in [3.8, 4) is 0 Å². The SMILES string of the molecule is CC(C)CN1CCN(c2nc(N)cc(Br)n2)CC1. The van der Waals surface area contributed by atoms with Crippen molar-refractivity contribution >= 4 is 27.7 Å². The molecule has 2 rings (SSSR count). The van der Waals surface area contributed by atoms with Gasteiger partial charge in [0, 0.05) is 38.8 Å². The van der Waals surface area contributed by atoms with Gasteiger partial charge in [0.05, 0.1) is 0 Å². The number of aromatic nitrogens is 2. The van der Waals surface area contributed by atoms with Crippen LogP contribution in [-0.4, -0.2) is 47.6 Å². The van der Waals surface area contributed by atoms with Gasteiger partial charge < -0.3 is 10.6 Å². The van der Waals surface area contributed by atoms with E-state index < -0.39 is 0 Å². The number of nitrogens with zero attached hydrogens (tertiary/aromatic N) is 4. The lowest BCUT2D eigenvalue weighted by Gasteiger charge is -2.35. The molecule has 5 nitrogen and oxygen atoms in total. The Kier molecular flexibility index (Phi) is 4.40. The Bertz CT molecular complexity index is 381. The van der Waals surface area contributed by atoms with Crippen LogP contribution in [0.3, 0.4) is 0 Å². The molecule has 1 fully saturated rings. The summed E-state index contributed by atoms with van der Waals surface area (Å²) in [6.45, 7) is 9.72. The lowest BCUT2D eigenvalue weighted by molar-refractivity contribution is 0.230. The zero-order valence-electron chi connectivity index (χ0n) is 10.9. The summed E-state index contributed by atoms with van der Waals surface area (Å²) in [6.07, 6.45) is 0. The second kappa shape index (κ2) is 5.84. The molecule has 1 saturated heterocycles. The maximum Gasteiger partial charge on any atom is 0.228 e. The minimum absolute atomic E-state index is 0.511. The Morgan fingerprint density at radius 3 is 2.50 bits per heavy atom. The van der Waals surface area contributed by atoms with E-state index >= 15 is 0 Å². The molecular weight excluding hydrogens is 294 g/mol. The van der Waals surface area contributed by atoms with Crippen LogP contribution in [0.25, 0.3) is 0 Å². The average Bonchev–Trinajstić information content (AvgIpc) is 2.27. The van der Waals surface area contributed by atoms with Crippen molar-refractivity contribution in [2.45, 2.75) is 13.8 Å². The number of nitrogen functional groups attached to an aromatic ring is 1. The van der Waals surface area contributed by atoms with Crippen LogP contribution in [0, 0.1) is 5.92 Å². The van der Waals surface area contributed by atoms with Crippen molar-refractivity contribution in [1.82, 2.24) is 14.9 Å². The van der Waals surface area contributed by atoms with Crippen LogP contribution >= 0.6 is 15.9 Å². The third-order valence-electron chi connectivity index (χ3n) is 2.98. The van der Waals surface area contributed by atoms with Gasteiger partial charge in [-0.05, 0) is 21.8 Å². The average molecular weight is 314 g/mol. The van der Waals surface area contributed by atoms with Gasteiger partial charge in [-0.15, -0.1) is 0 Å². The predicted octanol–water partition coefficient (Wildman–Crippen LogP) is 1.60. The Morgan fingerprint density at radius 1 is 1.28 bits per heavy atom. The summed E-state index contributed by atoms with van der Waals surface area (Å²) in [4.78, 5) is 13.3. The zero-order valence-corrected chi connectivity index (χ0v) is 12.5. The maximum atomic E-state index is 5.74. The van der Waals surface area contributed by atoms with Gasteiger partial charge in [0.25, 0.3) is 0 Å². The number of piperazine rings is 1.